The van der Waals surface area contributed by atoms with Gasteiger partial charge in [-0.15, -0.1) is 0 Å². The Morgan fingerprint density at radius 3 is 2.56 bits per heavy atom. The van der Waals surface area contributed by atoms with Gasteiger partial charge in [0, 0.05) is 12.6 Å². The molecule has 6 heteroatoms. The summed E-state index contributed by atoms with van der Waals surface area (Å²) in [5.74, 6) is 5.86. The monoisotopic (exact) mass is 249 g/mol. The van der Waals surface area contributed by atoms with Gasteiger partial charge in [-0.1, -0.05) is 12.1 Å². The number of rotatable bonds is 4. The Morgan fingerprint density at radius 2 is 2.06 bits per heavy atom. The van der Waals surface area contributed by atoms with E-state index in [9.17, 15) is 4.39 Å². The van der Waals surface area contributed by atoms with Crippen LogP contribution in [0.3, 0.4) is 0 Å². The SMILES string of the molecule is Cn1ncc(C(Cc2ccc(F)cc2)NN)c1N. The lowest BCUT2D eigenvalue weighted by Crippen LogP contribution is -2.30. The molecule has 0 aliphatic rings. The standard InChI is InChI=1S/C12H16FN5/c1-18-12(14)10(7-16-18)11(17-15)6-8-2-4-9(13)5-3-8/h2-5,7,11,17H,6,14-15H2,1H3. The van der Waals surface area contributed by atoms with Crippen LogP contribution in [0, 0.1) is 5.82 Å². The molecule has 96 valence electrons. The highest BCUT2D eigenvalue weighted by atomic mass is 19.1. The molecule has 0 aliphatic heterocycles. The van der Waals surface area contributed by atoms with Gasteiger partial charge in [-0.25, -0.2) is 4.39 Å². The van der Waals surface area contributed by atoms with Crippen LogP contribution < -0.4 is 17.0 Å². The van der Waals surface area contributed by atoms with E-state index < -0.39 is 0 Å². The van der Waals surface area contributed by atoms with Gasteiger partial charge in [0.1, 0.15) is 11.6 Å². The van der Waals surface area contributed by atoms with Crippen molar-refractivity contribution in [3.05, 3.63) is 47.4 Å². The van der Waals surface area contributed by atoms with Crippen LogP contribution in [0.25, 0.3) is 0 Å². The minimum atomic E-state index is -0.253. The molecule has 1 atom stereocenters. The molecule has 0 bridgehead atoms. The highest BCUT2D eigenvalue weighted by molar-refractivity contribution is 5.41. The molecular formula is C12H16FN5. The van der Waals surface area contributed by atoms with Gasteiger partial charge >= 0.3 is 0 Å². The van der Waals surface area contributed by atoms with Crippen molar-refractivity contribution >= 4 is 5.82 Å². The first-order chi connectivity index (χ1) is 8.61. The van der Waals surface area contributed by atoms with Gasteiger partial charge in [-0.3, -0.25) is 16.0 Å². The molecule has 1 heterocycles. The zero-order valence-corrected chi connectivity index (χ0v) is 10.1. The van der Waals surface area contributed by atoms with E-state index in [0.717, 1.165) is 11.1 Å². The minimum absolute atomic E-state index is 0.149. The molecule has 1 aromatic heterocycles. The molecular weight excluding hydrogens is 233 g/mol. The maximum atomic E-state index is 12.8. The van der Waals surface area contributed by atoms with Crippen LogP contribution in [0.2, 0.25) is 0 Å². The summed E-state index contributed by atoms with van der Waals surface area (Å²) in [6, 6.07) is 6.16. The summed E-state index contributed by atoms with van der Waals surface area (Å²) in [5.41, 5.74) is 10.4. The van der Waals surface area contributed by atoms with Crippen molar-refractivity contribution in [3.63, 3.8) is 0 Å². The Balaban J connectivity index is 2.19. The van der Waals surface area contributed by atoms with Gasteiger partial charge in [0.15, 0.2) is 0 Å². The predicted octanol–water partition coefficient (Wildman–Crippen LogP) is 0.889. The molecule has 2 rings (SSSR count). The number of benzene rings is 1. The lowest BCUT2D eigenvalue weighted by Gasteiger charge is -2.15. The van der Waals surface area contributed by atoms with E-state index in [1.54, 1.807) is 30.1 Å². The highest BCUT2D eigenvalue weighted by Crippen LogP contribution is 2.22. The summed E-state index contributed by atoms with van der Waals surface area (Å²) in [7, 11) is 1.77. The fraction of sp³-hybridized carbons (Fsp3) is 0.250. The normalized spacial score (nSPS) is 12.6. The van der Waals surface area contributed by atoms with Gasteiger partial charge in [-0.05, 0) is 24.1 Å². The van der Waals surface area contributed by atoms with E-state index in [0.29, 0.717) is 12.2 Å². The van der Waals surface area contributed by atoms with Crippen molar-refractivity contribution in [2.24, 2.45) is 12.9 Å². The minimum Gasteiger partial charge on any atom is -0.384 e. The van der Waals surface area contributed by atoms with E-state index in [-0.39, 0.29) is 11.9 Å². The zero-order valence-electron chi connectivity index (χ0n) is 10.1. The van der Waals surface area contributed by atoms with Crippen LogP contribution in [0.4, 0.5) is 10.2 Å². The second-order valence-corrected chi connectivity index (χ2v) is 4.16. The highest BCUT2D eigenvalue weighted by Gasteiger charge is 2.16. The average molecular weight is 249 g/mol. The van der Waals surface area contributed by atoms with E-state index in [1.165, 1.54) is 12.1 Å². The lowest BCUT2D eigenvalue weighted by molar-refractivity contribution is 0.552. The number of nitrogens with zero attached hydrogens (tertiary/aromatic N) is 2. The first kappa shape index (κ1) is 12.5. The van der Waals surface area contributed by atoms with E-state index in [4.69, 9.17) is 11.6 Å². The number of nitrogen functional groups attached to an aromatic ring is 1. The van der Waals surface area contributed by atoms with Crippen molar-refractivity contribution in [1.82, 2.24) is 15.2 Å². The fourth-order valence-corrected chi connectivity index (χ4v) is 1.85. The maximum absolute atomic E-state index is 12.8. The first-order valence-corrected chi connectivity index (χ1v) is 5.59. The van der Waals surface area contributed by atoms with Crippen molar-refractivity contribution < 1.29 is 4.39 Å². The average Bonchev–Trinajstić information content (AvgIpc) is 2.70. The molecule has 0 saturated carbocycles. The number of halogens is 1. The van der Waals surface area contributed by atoms with Crippen LogP contribution >= 0.6 is 0 Å². The first-order valence-electron chi connectivity index (χ1n) is 5.59. The molecule has 1 unspecified atom stereocenters. The molecule has 0 spiro atoms. The summed E-state index contributed by atoms with van der Waals surface area (Å²) in [6.07, 6.45) is 2.30. The summed E-state index contributed by atoms with van der Waals surface area (Å²) >= 11 is 0. The lowest BCUT2D eigenvalue weighted by atomic mass is 10.0. The summed E-state index contributed by atoms with van der Waals surface area (Å²) < 4.78 is 14.4. The number of hydrogen-bond donors (Lipinski definition) is 3. The van der Waals surface area contributed by atoms with Gasteiger partial charge in [0.2, 0.25) is 0 Å². The second kappa shape index (κ2) is 5.16. The quantitative estimate of drug-likeness (QED) is 0.555. The number of hydrogen-bond acceptors (Lipinski definition) is 4. The van der Waals surface area contributed by atoms with Gasteiger partial charge in [-0.2, -0.15) is 5.10 Å². The molecule has 0 aliphatic carbocycles. The molecule has 5 N–H and O–H groups in total. The van der Waals surface area contributed by atoms with E-state index >= 15 is 0 Å². The number of anilines is 1. The maximum Gasteiger partial charge on any atom is 0.126 e. The Labute approximate surface area is 105 Å². The molecule has 5 nitrogen and oxygen atoms in total. The topological polar surface area (TPSA) is 81.9 Å². The predicted molar refractivity (Wildman–Crippen MR) is 67.8 cm³/mol. The smallest absolute Gasteiger partial charge is 0.126 e. The summed E-state index contributed by atoms with van der Waals surface area (Å²) in [4.78, 5) is 0. The summed E-state index contributed by atoms with van der Waals surface area (Å²) in [5, 5.41) is 4.08. The molecule has 2 aromatic rings. The Kier molecular flexibility index (Phi) is 3.59. The summed E-state index contributed by atoms with van der Waals surface area (Å²) in [6.45, 7) is 0. The fourth-order valence-electron chi connectivity index (χ4n) is 1.85. The third kappa shape index (κ3) is 2.49. The number of hydrazine groups is 1. The van der Waals surface area contributed by atoms with Crippen LogP contribution in [-0.2, 0) is 13.5 Å². The van der Waals surface area contributed by atoms with Crippen molar-refractivity contribution in [3.8, 4) is 0 Å². The number of aryl methyl sites for hydroxylation is 1. The van der Waals surface area contributed by atoms with Gasteiger partial charge < -0.3 is 5.73 Å². The van der Waals surface area contributed by atoms with Crippen LogP contribution in [-0.4, -0.2) is 9.78 Å². The van der Waals surface area contributed by atoms with Crippen molar-refractivity contribution in [2.45, 2.75) is 12.5 Å². The Hall–Kier alpha value is -1.92. The Morgan fingerprint density at radius 1 is 1.39 bits per heavy atom. The molecule has 1 aromatic carbocycles. The van der Waals surface area contributed by atoms with E-state index in [1.807, 2.05) is 0 Å². The third-order valence-electron chi connectivity index (χ3n) is 2.94. The number of nitrogens with one attached hydrogen (secondary N) is 1. The molecule has 0 amide bonds. The molecule has 0 saturated heterocycles. The number of nitrogens with two attached hydrogens (primary N) is 2. The molecule has 0 radical (unpaired) electrons. The van der Waals surface area contributed by atoms with Gasteiger partial charge in [0.25, 0.3) is 0 Å². The third-order valence-corrected chi connectivity index (χ3v) is 2.94. The van der Waals surface area contributed by atoms with Crippen LogP contribution in [0.5, 0.6) is 0 Å². The largest absolute Gasteiger partial charge is 0.384 e. The van der Waals surface area contributed by atoms with Crippen molar-refractivity contribution in [2.75, 3.05) is 5.73 Å². The molecule has 0 fully saturated rings. The zero-order chi connectivity index (χ0) is 13.1. The molecule has 18 heavy (non-hydrogen) atoms. The second-order valence-electron chi connectivity index (χ2n) is 4.16. The van der Waals surface area contributed by atoms with Crippen molar-refractivity contribution in [1.29, 1.82) is 0 Å². The number of aromatic nitrogens is 2. The Bertz CT molecular complexity index is 520. The van der Waals surface area contributed by atoms with E-state index in [2.05, 4.69) is 10.5 Å². The van der Waals surface area contributed by atoms with Crippen LogP contribution in [0.15, 0.2) is 30.5 Å². The van der Waals surface area contributed by atoms with Gasteiger partial charge in [0.05, 0.1) is 12.2 Å². The van der Waals surface area contributed by atoms with Crippen LogP contribution in [0.1, 0.15) is 17.2 Å².